The molecule has 0 unspecified atom stereocenters. The normalized spacial score (nSPS) is 29.7. The average Bonchev–Trinajstić information content (AvgIpc) is 2.26. The smallest absolute Gasteiger partial charge is 0.00991 e. The largest absolute Gasteiger partial charge is 0.309 e. The van der Waals surface area contributed by atoms with Crippen LogP contribution in [0.4, 0.5) is 0 Å². The Labute approximate surface area is 126 Å². The van der Waals surface area contributed by atoms with Gasteiger partial charge in [-0.15, -0.1) is 0 Å². The van der Waals surface area contributed by atoms with Crippen molar-refractivity contribution in [3.05, 3.63) is 0 Å². The van der Waals surface area contributed by atoms with Crippen LogP contribution >= 0.6 is 0 Å². The maximum atomic E-state index is 3.74. The van der Waals surface area contributed by atoms with Gasteiger partial charge in [0.1, 0.15) is 0 Å². The van der Waals surface area contributed by atoms with Crippen molar-refractivity contribution in [3.63, 3.8) is 0 Å². The van der Waals surface area contributed by atoms with Crippen molar-refractivity contribution in [1.29, 1.82) is 0 Å². The Balaban J connectivity index is 1.59. The van der Waals surface area contributed by atoms with Crippen molar-refractivity contribution in [1.82, 2.24) is 10.2 Å². The van der Waals surface area contributed by atoms with E-state index in [0.717, 1.165) is 23.8 Å². The zero-order valence-corrected chi connectivity index (χ0v) is 14.4. The lowest BCUT2D eigenvalue weighted by atomic mass is 9.73. The standard InChI is InChI=1S/C18H36N2/c1-14(2)13-20-8-6-15(7-9-20)10-16-11-17(12-16)19-18(3,4)5/h14-17,19H,6-13H2,1-5H3. The molecule has 118 valence electrons. The van der Waals surface area contributed by atoms with Crippen LogP contribution < -0.4 is 5.32 Å². The topological polar surface area (TPSA) is 15.3 Å². The van der Waals surface area contributed by atoms with Gasteiger partial charge >= 0.3 is 0 Å². The molecule has 0 bridgehead atoms. The maximum Gasteiger partial charge on any atom is 0.00991 e. The van der Waals surface area contributed by atoms with Crippen molar-refractivity contribution in [2.75, 3.05) is 19.6 Å². The van der Waals surface area contributed by atoms with Crippen LogP contribution in [0.2, 0.25) is 0 Å². The Kier molecular flexibility index (Phi) is 5.53. The fourth-order valence-corrected chi connectivity index (χ4v) is 4.05. The molecule has 2 heteroatoms. The zero-order chi connectivity index (χ0) is 14.8. The third-order valence-corrected chi connectivity index (χ3v) is 4.87. The summed E-state index contributed by atoms with van der Waals surface area (Å²) in [6.45, 7) is 15.5. The maximum absolute atomic E-state index is 3.74. The minimum absolute atomic E-state index is 0.290. The summed E-state index contributed by atoms with van der Waals surface area (Å²) in [4.78, 5) is 2.67. The van der Waals surface area contributed by atoms with Gasteiger partial charge in [0, 0.05) is 18.1 Å². The molecule has 2 fully saturated rings. The molecular formula is C18H36N2. The first-order valence-electron chi connectivity index (χ1n) is 8.82. The molecule has 0 radical (unpaired) electrons. The molecule has 0 atom stereocenters. The van der Waals surface area contributed by atoms with Crippen LogP contribution in [0.5, 0.6) is 0 Å². The van der Waals surface area contributed by atoms with Crippen LogP contribution in [0.3, 0.4) is 0 Å². The van der Waals surface area contributed by atoms with E-state index in [9.17, 15) is 0 Å². The van der Waals surface area contributed by atoms with E-state index in [0.29, 0.717) is 0 Å². The molecule has 2 aliphatic rings. The van der Waals surface area contributed by atoms with E-state index in [1.165, 1.54) is 51.7 Å². The molecule has 1 aliphatic heterocycles. The minimum Gasteiger partial charge on any atom is -0.309 e. The van der Waals surface area contributed by atoms with Gasteiger partial charge in [-0.3, -0.25) is 0 Å². The molecule has 1 heterocycles. The predicted molar refractivity (Wildman–Crippen MR) is 88.0 cm³/mol. The molecule has 1 saturated carbocycles. The Morgan fingerprint density at radius 2 is 1.65 bits per heavy atom. The van der Waals surface area contributed by atoms with Crippen LogP contribution in [-0.2, 0) is 0 Å². The second-order valence-corrected chi connectivity index (χ2v) is 8.80. The summed E-state index contributed by atoms with van der Waals surface area (Å²) in [7, 11) is 0. The van der Waals surface area contributed by atoms with Crippen molar-refractivity contribution in [2.45, 2.75) is 78.3 Å². The number of nitrogens with zero attached hydrogens (tertiary/aromatic N) is 1. The number of rotatable bonds is 5. The third kappa shape index (κ3) is 5.37. The molecule has 20 heavy (non-hydrogen) atoms. The molecule has 1 aliphatic carbocycles. The highest BCUT2D eigenvalue weighted by atomic mass is 15.1. The number of likely N-dealkylation sites (tertiary alicyclic amines) is 1. The first-order chi connectivity index (χ1) is 9.32. The molecule has 0 aromatic rings. The Bertz CT molecular complexity index is 278. The van der Waals surface area contributed by atoms with Gasteiger partial charge in [0.2, 0.25) is 0 Å². The van der Waals surface area contributed by atoms with Gasteiger partial charge in [-0.25, -0.2) is 0 Å². The number of piperidine rings is 1. The number of hydrogen-bond donors (Lipinski definition) is 1. The molecule has 0 amide bonds. The van der Waals surface area contributed by atoms with Gasteiger partial charge in [-0.2, -0.15) is 0 Å². The number of nitrogens with one attached hydrogen (secondary N) is 1. The van der Waals surface area contributed by atoms with Crippen molar-refractivity contribution in [2.24, 2.45) is 17.8 Å². The van der Waals surface area contributed by atoms with E-state index < -0.39 is 0 Å². The van der Waals surface area contributed by atoms with Gasteiger partial charge in [0.05, 0.1) is 0 Å². The molecule has 2 nitrogen and oxygen atoms in total. The van der Waals surface area contributed by atoms with Crippen molar-refractivity contribution in [3.8, 4) is 0 Å². The second kappa shape index (κ2) is 6.79. The van der Waals surface area contributed by atoms with E-state index in [-0.39, 0.29) is 5.54 Å². The lowest BCUT2D eigenvalue weighted by Crippen LogP contribution is -2.50. The fraction of sp³-hybridized carbons (Fsp3) is 1.00. The molecule has 0 aromatic carbocycles. The number of hydrogen-bond acceptors (Lipinski definition) is 2. The summed E-state index contributed by atoms with van der Waals surface area (Å²) in [5.74, 6) is 2.85. The van der Waals surface area contributed by atoms with Crippen molar-refractivity contribution < 1.29 is 0 Å². The summed E-state index contributed by atoms with van der Waals surface area (Å²) in [5.41, 5.74) is 0.290. The molecular weight excluding hydrogens is 244 g/mol. The summed E-state index contributed by atoms with van der Waals surface area (Å²) in [6, 6.07) is 0.793. The van der Waals surface area contributed by atoms with Crippen LogP contribution in [0.15, 0.2) is 0 Å². The van der Waals surface area contributed by atoms with Gasteiger partial charge in [-0.1, -0.05) is 13.8 Å². The van der Waals surface area contributed by atoms with Gasteiger partial charge in [0.25, 0.3) is 0 Å². The highest BCUT2D eigenvalue weighted by Crippen LogP contribution is 2.36. The quantitative estimate of drug-likeness (QED) is 0.821. The first kappa shape index (κ1) is 16.3. The molecule has 1 N–H and O–H groups in total. The lowest BCUT2D eigenvalue weighted by Gasteiger charge is -2.43. The molecule has 0 spiro atoms. The summed E-state index contributed by atoms with van der Waals surface area (Å²) >= 11 is 0. The molecule has 1 saturated heterocycles. The highest BCUT2D eigenvalue weighted by Gasteiger charge is 2.33. The second-order valence-electron chi connectivity index (χ2n) is 8.80. The fourth-order valence-electron chi connectivity index (χ4n) is 4.05. The van der Waals surface area contributed by atoms with E-state index in [1.54, 1.807) is 0 Å². The lowest BCUT2D eigenvalue weighted by molar-refractivity contribution is 0.115. The van der Waals surface area contributed by atoms with Crippen LogP contribution in [0, 0.1) is 17.8 Å². The molecule has 0 aromatic heterocycles. The first-order valence-corrected chi connectivity index (χ1v) is 8.82. The molecule has 2 rings (SSSR count). The van der Waals surface area contributed by atoms with E-state index in [2.05, 4.69) is 44.8 Å². The van der Waals surface area contributed by atoms with Crippen LogP contribution in [0.25, 0.3) is 0 Å². The Hall–Kier alpha value is -0.0800. The van der Waals surface area contributed by atoms with E-state index >= 15 is 0 Å². The minimum atomic E-state index is 0.290. The van der Waals surface area contributed by atoms with Gasteiger partial charge in [0.15, 0.2) is 0 Å². The van der Waals surface area contributed by atoms with E-state index in [1.807, 2.05) is 0 Å². The van der Waals surface area contributed by atoms with E-state index in [4.69, 9.17) is 0 Å². The summed E-state index contributed by atoms with van der Waals surface area (Å²) < 4.78 is 0. The Morgan fingerprint density at radius 1 is 1.05 bits per heavy atom. The van der Waals surface area contributed by atoms with Gasteiger partial charge < -0.3 is 10.2 Å². The van der Waals surface area contributed by atoms with Crippen molar-refractivity contribution >= 4 is 0 Å². The summed E-state index contributed by atoms with van der Waals surface area (Å²) in [5, 5.41) is 3.74. The van der Waals surface area contributed by atoms with Crippen LogP contribution in [0.1, 0.15) is 66.7 Å². The third-order valence-electron chi connectivity index (χ3n) is 4.87. The average molecular weight is 281 g/mol. The van der Waals surface area contributed by atoms with Crippen LogP contribution in [-0.4, -0.2) is 36.1 Å². The summed E-state index contributed by atoms with van der Waals surface area (Å²) in [6.07, 6.45) is 7.23. The Morgan fingerprint density at radius 3 is 2.15 bits per heavy atom. The monoisotopic (exact) mass is 280 g/mol. The highest BCUT2D eigenvalue weighted by molar-refractivity contribution is 4.90. The predicted octanol–water partition coefficient (Wildman–Crippen LogP) is 3.91. The SMILES string of the molecule is CC(C)CN1CCC(CC2CC(NC(C)(C)C)C2)CC1. The zero-order valence-electron chi connectivity index (χ0n) is 14.4. The van der Waals surface area contributed by atoms with Gasteiger partial charge in [-0.05, 0) is 83.7 Å².